The van der Waals surface area contributed by atoms with Gasteiger partial charge in [-0.05, 0) is 17.9 Å². The first-order chi connectivity index (χ1) is 8.63. The van der Waals surface area contributed by atoms with Crippen LogP contribution in [0.1, 0.15) is 10.4 Å². The number of nitrogens with one attached hydrogen (secondary N) is 1. The van der Waals surface area contributed by atoms with Crippen molar-refractivity contribution in [3.63, 3.8) is 0 Å². The van der Waals surface area contributed by atoms with Gasteiger partial charge in [-0.3, -0.25) is 4.79 Å². The second kappa shape index (κ2) is 5.10. The SMILES string of the molecule is CSc1cc(-c2ccccc2)[nH]c(=O)c1C(=O)O. The fraction of sp³-hybridized carbons (Fsp3) is 0.0769. The average molecular weight is 261 g/mol. The monoisotopic (exact) mass is 261 g/mol. The summed E-state index contributed by atoms with van der Waals surface area (Å²) >= 11 is 1.25. The number of hydrogen-bond acceptors (Lipinski definition) is 3. The Morgan fingerprint density at radius 2 is 1.94 bits per heavy atom. The molecule has 2 aromatic rings. The van der Waals surface area contributed by atoms with Crippen molar-refractivity contribution in [3.05, 3.63) is 52.3 Å². The van der Waals surface area contributed by atoms with E-state index in [0.29, 0.717) is 10.6 Å². The third kappa shape index (κ3) is 2.31. The molecule has 1 heterocycles. The third-order valence-corrected chi connectivity index (χ3v) is 3.28. The predicted molar refractivity (Wildman–Crippen MR) is 71.2 cm³/mol. The highest BCUT2D eigenvalue weighted by atomic mass is 32.2. The fourth-order valence-electron chi connectivity index (χ4n) is 1.67. The van der Waals surface area contributed by atoms with E-state index < -0.39 is 11.5 Å². The second-order valence-electron chi connectivity index (χ2n) is 3.63. The normalized spacial score (nSPS) is 10.3. The maximum Gasteiger partial charge on any atom is 0.342 e. The first kappa shape index (κ1) is 12.4. The topological polar surface area (TPSA) is 70.2 Å². The Balaban J connectivity index is 2.64. The number of pyridine rings is 1. The molecule has 0 unspecified atom stereocenters. The van der Waals surface area contributed by atoms with Crippen LogP contribution in [-0.4, -0.2) is 22.3 Å². The molecule has 0 atom stereocenters. The maximum absolute atomic E-state index is 11.8. The highest BCUT2D eigenvalue weighted by molar-refractivity contribution is 7.98. The van der Waals surface area contributed by atoms with Crippen molar-refractivity contribution in [3.8, 4) is 11.3 Å². The quantitative estimate of drug-likeness (QED) is 0.833. The lowest BCUT2D eigenvalue weighted by atomic mass is 10.1. The standard InChI is InChI=1S/C13H11NO3S/c1-18-10-7-9(8-5-3-2-4-6-8)14-12(15)11(10)13(16)17/h2-7H,1H3,(H,14,15)(H,16,17). The van der Waals surface area contributed by atoms with Crippen LogP contribution in [0.15, 0.2) is 46.1 Å². The largest absolute Gasteiger partial charge is 0.477 e. The smallest absolute Gasteiger partial charge is 0.342 e. The van der Waals surface area contributed by atoms with Crippen LogP contribution >= 0.6 is 11.8 Å². The van der Waals surface area contributed by atoms with Crippen LogP contribution in [0.25, 0.3) is 11.3 Å². The number of rotatable bonds is 3. The van der Waals surface area contributed by atoms with Gasteiger partial charge in [0.25, 0.3) is 5.56 Å². The van der Waals surface area contributed by atoms with Crippen molar-refractivity contribution >= 4 is 17.7 Å². The van der Waals surface area contributed by atoms with E-state index in [0.717, 1.165) is 5.56 Å². The molecule has 0 saturated carbocycles. The number of thioether (sulfide) groups is 1. The van der Waals surface area contributed by atoms with Crippen molar-refractivity contribution in [2.75, 3.05) is 6.26 Å². The minimum atomic E-state index is -1.21. The molecular formula is C13H11NO3S. The van der Waals surface area contributed by atoms with Gasteiger partial charge in [-0.1, -0.05) is 30.3 Å². The van der Waals surface area contributed by atoms with E-state index >= 15 is 0 Å². The number of carboxylic acid groups (broad SMARTS) is 1. The molecule has 0 aliphatic rings. The van der Waals surface area contributed by atoms with Crippen LogP contribution in [0.4, 0.5) is 0 Å². The number of H-pyrrole nitrogens is 1. The van der Waals surface area contributed by atoms with E-state index in [1.807, 2.05) is 30.3 Å². The highest BCUT2D eigenvalue weighted by Gasteiger charge is 2.16. The molecule has 0 radical (unpaired) electrons. The zero-order valence-electron chi connectivity index (χ0n) is 9.64. The van der Waals surface area contributed by atoms with Crippen molar-refractivity contribution in [2.24, 2.45) is 0 Å². The fourth-order valence-corrected chi connectivity index (χ4v) is 2.29. The van der Waals surface area contributed by atoms with E-state index in [1.165, 1.54) is 11.8 Å². The summed E-state index contributed by atoms with van der Waals surface area (Å²) < 4.78 is 0. The Labute approximate surface area is 108 Å². The molecule has 0 aliphatic heterocycles. The summed E-state index contributed by atoms with van der Waals surface area (Å²) in [4.78, 5) is 25.9. The highest BCUT2D eigenvalue weighted by Crippen LogP contribution is 2.23. The number of benzene rings is 1. The van der Waals surface area contributed by atoms with Crippen molar-refractivity contribution < 1.29 is 9.90 Å². The molecule has 1 aromatic heterocycles. The molecular weight excluding hydrogens is 250 g/mol. The van der Waals surface area contributed by atoms with E-state index in [4.69, 9.17) is 5.11 Å². The minimum absolute atomic E-state index is 0.206. The molecule has 0 saturated heterocycles. The van der Waals surface area contributed by atoms with E-state index in [9.17, 15) is 9.59 Å². The number of carbonyl (C=O) groups is 1. The lowest BCUT2D eigenvalue weighted by Crippen LogP contribution is -2.19. The van der Waals surface area contributed by atoms with Gasteiger partial charge in [0, 0.05) is 10.6 Å². The summed E-state index contributed by atoms with van der Waals surface area (Å²) in [6.45, 7) is 0. The Kier molecular flexibility index (Phi) is 3.53. The molecule has 5 heteroatoms. The number of hydrogen-bond donors (Lipinski definition) is 2. The zero-order chi connectivity index (χ0) is 13.1. The molecule has 2 N–H and O–H groups in total. The lowest BCUT2D eigenvalue weighted by Gasteiger charge is -2.06. The van der Waals surface area contributed by atoms with Gasteiger partial charge >= 0.3 is 5.97 Å². The molecule has 18 heavy (non-hydrogen) atoms. The summed E-state index contributed by atoms with van der Waals surface area (Å²) in [5.41, 5.74) is 0.687. The molecule has 0 spiro atoms. The summed E-state index contributed by atoms with van der Waals surface area (Å²) in [6, 6.07) is 11.0. The van der Waals surface area contributed by atoms with E-state index in [2.05, 4.69) is 4.98 Å². The molecule has 0 fully saturated rings. The van der Waals surface area contributed by atoms with E-state index in [1.54, 1.807) is 12.3 Å². The third-order valence-electron chi connectivity index (χ3n) is 2.52. The summed E-state index contributed by atoms with van der Waals surface area (Å²) in [5.74, 6) is -1.21. The Bertz CT molecular complexity index is 634. The minimum Gasteiger partial charge on any atom is -0.477 e. The van der Waals surface area contributed by atoms with Gasteiger partial charge in [0.15, 0.2) is 0 Å². The molecule has 92 valence electrons. The van der Waals surface area contributed by atoms with Crippen molar-refractivity contribution in [1.29, 1.82) is 0 Å². The first-order valence-corrected chi connectivity index (χ1v) is 6.46. The van der Waals surface area contributed by atoms with Gasteiger partial charge < -0.3 is 10.1 Å². The molecule has 4 nitrogen and oxygen atoms in total. The Morgan fingerprint density at radius 3 is 2.50 bits per heavy atom. The van der Waals surface area contributed by atoms with Gasteiger partial charge in [-0.2, -0.15) is 0 Å². The number of aromatic amines is 1. The van der Waals surface area contributed by atoms with Crippen LogP contribution < -0.4 is 5.56 Å². The van der Waals surface area contributed by atoms with Crippen LogP contribution in [0.3, 0.4) is 0 Å². The number of aromatic nitrogens is 1. The van der Waals surface area contributed by atoms with Gasteiger partial charge in [0.2, 0.25) is 0 Å². The maximum atomic E-state index is 11.8. The summed E-state index contributed by atoms with van der Waals surface area (Å²) in [6.07, 6.45) is 1.75. The van der Waals surface area contributed by atoms with Gasteiger partial charge in [0.1, 0.15) is 5.56 Å². The van der Waals surface area contributed by atoms with Gasteiger partial charge in [-0.15, -0.1) is 11.8 Å². The molecule has 0 bridgehead atoms. The molecule has 1 aromatic carbocycles. The predicted octanol–water partition coefficient (Wildman–Crippen LogP) is 2.46. The van der Waals surface area contributed by atoms with Crippen LogP contribution in [0.5, 0.6) is 0 Å². The van der Waals surface area contributed by atoms with Crippen molar-refractivity contribution in [2.45, 2.75) is 4.90 Å². The van der Waals surface area contributed by atoms with Gasteiger partial charge in [0.05, 0.1) is 0 Å². The number of carboxylic acids is 1. The number of aromatic carboxylic acids is 1. The van der Waals surface area contributed by atoms with Crippen LogP contribution in [0, 0.1) is 0 Å². The average Bonchev–Trinajstić information content (AvgIpc) is 2.38. The first-order valence-electron chi connectivity index (χ1n) is 5.23. The summed E-state index contributed by atoms with van der Waals surface area (Å²) in [7, 11) is 0. The van der Waals surface area contributed by atoms with Gasteiger partial charge in [-0.25, -0.2) is 4.79 Å². The Morgan fingerprint density at radius 1 is 1.28 bits per heavy atom. The molecule has 0 aliphatic carbocycles. The van der Waals surface area contributed by atoms with E-state index in [-0.39, 0.29) is 5.56 Å². The molecule has 0 amide bonds. The molecule has 2 rings (SSSR count). The van der Waals surface area contributed by atoms with Crippen LogP contribution in [0.2, 0.25) is 0 Å². The van der Waals surface area contributed by atoms with Crippen molar-refractivity contribution in [1.82, 2.24) is 4.98 Å². The second-order valence-corrected chi connectivity index (χ2v) is 4.47. The summed E-state index contributed by atoms with van der Waals surface area (Å²) in [5, 5.41) is 9.01. The zero-order valence-corrected chi connectivity index (χ0v) is 10.5. The Hall–Kier alpha value is -2.01. The lowest BCUT2D eigenvalue weighted by molar-refractivity contribution is 0.0691. The van der Waals surface area contributed by atoms with Crippen LogP contribution in [-0.2, 0) is 0 Å².